The number of fused-ring (bicyclic) bond motifs is 1. The summed E-state index contributed by atoms with van der Waals surface area (Å²) in [5.74, 6) is -0.661. The smallest absolute Gasteiger partial charge is 0.265 e. The number of rotatable bonds is 4. The van der Waals surface area contributed by atoms with Crippen LogP contribution in [-0.4, -0.2) is 26.3 Å². The molecule has 26 heavy (non-hydrogen) atoms. The number of nitrogens with one attached hydrogen (secondary N) is 2. The summed E-state index contributed by atoms with van der Waals surface area (Å²) in [5.41, 5.74) is 1.19. The quantitative estimate of drug-likeness (QED) is 0.854. The second-order valence-electron chi connectivity index (χ2n) is 5.91. The van der Waals surface area contributed by atoms with Crippen molar-refractivity contribution in [3.63, 3.8) is 0 Å². The summed E-state index contributed by atoms with van der Waals surface area (Å²) in [5, 5.41) is 2.63. The van der Waals surface area contributed by atoms with E-state index in [2.05, 4.69) is 5.32 Å². The van der Waals surface area contributed by atoms with Crippen molar-refractivity contribution in [1.82, 2.24) is 4.72 Å². The number of hydrogen-bond acceptors (Lipinski definition) is 5. The molecule has 1 aliphatic heterocycles. The van der Waals surface area contributed by atoms with E-state index in [0.717, 1.165) is 0 Å². The van der Waals surface area contributed by atoms with Crippen LogP contribution in [0.3, 0.4) is 0 Å². The van der Waals surface area contributed by atoms with Crippen molar-refractivity contribution in [3.05, 3.63) is 53.6 Å². The number of carbonyl (C=O) groups is 2. The number of anilines is 1. The van der Waals surface area contributed by atoms with Gasteiger partial charge in [-0.1, -0.05) is 25.1 Å². The fourth-order valence-electron chi connectivity index (χ4n) is 2.63. The Morgan fingerprint density at radius 1 is 1.23 bits per heavy atom. The van der Waals surface area contributed by atoms with Gasteiger partial charge in [0.05, 0.1) is 10.6 Å². The van der Waals surface area contributed by atoms with Crippen molar-refractivity contribution in [2.24, 2.45) is 0 Å². The van der Waals surface area contributed by atoms with Crippen molar-refractivity contribution in [1.29, 1.82) is 0 Å². The van der Waals surface area contributed by atoms with Crippen molar-refractivity contribution < 1.29 is 22.7 Å². The highest BCUT2D eigenvalue weighted by Gasteiger charge is 2.28. The molecule has 0 radical (unpaired) electrons. The number of hydrogen-bond donors (Lipinski definition) is 2. The summed E-state index contributed by atoms with van der Waals surface area (Å²) in [6, 6.07) is 10.7. The Hall–Kier alpha value is -2.87. The third-order valence-electron chi connectivity index (χ3n) is 4.07. The second-order valence-corrected chi connectivity index (χ2v) is 7.59. The Balaban J connectivity index is 1.87. The molecule has 0 fully saturated rings. The summed E-state index contributed by atoms with van der Waals surface area (Å²) in [4.78, 5) is 24.0. The topological polar surface area (TPSA) is 102 Å². The molecule has 1 unspecified atom stereocenters. The van der Waals surface area contributed by atoms with E-state index in [1.165, 1.54) is 18.2 Å². The third kappa shape index (κ3) is 3.41. The van der Waals surface area contributed by atoms with Crippen LogP contribution in [-0.2, 0) is 14.8 Å². The first-order valence-corrected chi connectivity index (χ1v) is 9.54. The normalized spacial score (nSPS) is 16.2. The van der Waals surface area contributed by atoms with Gasteiger partial charge in [0.25, 0.3) is 21.8 Å². The Bertz CT molecular complexity index is 985. The predicted molar refractivity (Wildman–Crippen MR) is 95.6 cm³/mol. The van der Waals surface area contributed by atoms with Crippen LogP contribution in [0.4, 0.5) is 5.69 Å². The summed E-state index contributed by atoms with van der Waals surface area (Å²) in [6.07, 6.45) is -0.108. The van der Waals surface area contributed by atoms with Crippen LogP contribution in [0, 0.1) is 6.92 Å². The number of ether oxygens (including phenoxy) is 1. The van der Waals surface area contributed by atoms with Crippen LogP contribution in [0.1, 0.15) is 29.3 Å². The molecule has 3 rings (SSSR count). The highest BCUT2D eigenvalue weighted by atomic mass is 32.2. The van der Waals surface area contributed by atoms with Crippen LogP contribution in [0.25, 0.3) is 0 Å². The van der Waals surface area contributed by atoms with Gasteiger partial charge in [0.2, 0.25) is 0 Å². The lowest BCUT2D eigenvalue weighted by atomic mass is 10.1. The van der Waals surface area contributed by atoms with Gasteiger partial charge in [0.1, 0.15) is 5.75 Å². The molecule has 2 aromatic carbocycles. The van der Waals surface area contributed by atoms with Gasteiger partial charge in [-0.2, -0.15) is 0 Å². The first-order valence-electron chi connectivity index (χ1n) is 8.06. The third-order valence-corrected chi connectivity index (χ3v) is 5.40. The van der Waals surface area contributed by atoms with Gasteiger partial charge in [-0.15, -0.1) is 0 Å². The van der Waals surface area contributed by atoms with Gasteiger partial charge in [-0.25, -0.2) is 13.1 Å². The standard InChI is InChI=1S/C18H18N2O5S/c1-3-15-18(22)19-14-10-12(8-9-16(14)25-15)26(23,24)20-17(21)13-7-5-4-6-11(13)2/h4-10,15H,3H2,1-2H3,(H,19,22)(H,20,21). The molecule has 7 nitrogen and oxygen atoms in total. The van der Waals surface area contributed by atoms with E-state index in [1.807, 2.05) is 11.6 Å². The molecule has 0 saturated heterocycles. The molecule has 1 aliphatic rings. The predicted octanol–water partition coefficient (Wildman–Crippen LogP) is 2.22. The minimum absolute atomic E-state index is 0.142. The van der Waals surface area contributed by atoms with E-state index in [1.54, 1.807) is 31.2 Å². The second kappa shape index (κ2) is 6.80. The molecular formula is C18H18N2O5S. The molecule has 1 atom stereocenters. The lowest BCUT2D eigenvalue weighted by Gasteiger charge is -2.25. The Kier molecular flexibility index (Phi) is 4.69. The van der Waals surface area contributed by atoms with Crippen LogP contribution in [0.2, 0.25) is 0 Å². The van der Waals surface area contributed by atoms with E-state index in [0.29, 0.717) is 17.7 Å². The minimum Gasteiger partial charge on any atom is -0.478 e. The fraction of sp³-hybridized carbons (Fsp3) is 0.222. The van der Waals surface area contributed by atoms with Gasteiger partial charge in [0.15, 0.2) is 6.10 Å². The zero-order valence-corrected chi connectivity index (χ0v) is 15.1. The molecule has 0 bridgehead atoms. The van der Waals surface area contributed by atoms with Crippen LogP contribution in [0.5, 0.6) is 5.75 Å². The molecule has 1 heterocycles. The first kappa shape index (κ1) is 17.9. The summed E-state index contributed by atoms with van der Waals surface area (Å²) in [6.45, 7) is 3.53. The summed E-state index contributed by atoms with van der Waals surface area (Å²) in [7, 11) is -4.10. The summed E-state index contributed by atoms with van der Waals surface area (Å²) >= 11 is 0. The molecule has 0 saturated carbocycles. The van der Waals surface area contributed by atoms with E-state index in [9.17, 15) is 18.0 Å². The highest BCUT2D eigenvalue weighted by Crippen LogP contribution is 2.32. The monoisotopic (exact) mass is 374 g/mol. The maximum absolute atomic E-state index is 12.5. The van der Waals surface area contributed by atoms with Gasteiger partial charge >= 0.3 is 0 Å². The number of carbonyl (C=O) groups excluding carboxylic acids is 2. The minimum atomic E-state index is -4.10. The number of benzene rings is 2. The fourth-order valence-corrected chi connectivity index (χ4v) is 3.62. The van der Waals surface area contributed by atoms with Gasteiger partial charge < -0.3 is 10.1 Å². The molecule has 2 aromatic rings. The van der Waals surface area contributed by atoms with Crippen molar-refractivity contribution in [3.8, 4) is 5.75 Å². The molecular weight excluding hydrogens is 356 g/mol. The van der Waals surface area contributed by atoms with Gasteiger partial charge in [-0.3, -0.25) is 9.59 Å². The number of amides is 2. The largest absolute Gasteiger partial charge is 0.478 e. The molecule has 2 amide bonds. The Morgan fingerprint density at radius 3 is 2.65 bits per heavy atom. The lowest BCUT2D eigenvalue weighted by molar-refractivity contribution is -0.123. The van der Waals surface area contributed by atoms with Crippen LogP contribution >= 0.6 is 0 Å². The number of sulfonamides is 1. The van der Waals surface area contributed by atoms with E-state index < -0.39 is 22.0 Å². The molecule has 0 aromatic heterocycles. The Labute approximate surface area is 151 Å². The molecule has 2 N–H and O–H groups in total. The van der Waals surface area contributed by atoms with Crippen molar-refractivity contribution >= 4 is 27.5 Å². The maximum Gasteiger partial charge on any atom is 0.265 e. The van der Waals surface area contributed by atoms with Crippen molar-refractivity contribution in [2.75, 3.05) is 5.32 Å². The van der Waals surface area contributed by atoms with Gasteiger partial charge in [0, 0.05) is 5.56 Å². The molecule has 0 aliphatic carbocycles. The first-order chi connectivity index (χ1) is 12.3. The highest BCUT2D eigenvalue weighted by molar-refractivity contribution is 7.90. The summed E-state index contributed by atoms with van der Waals surface area (Å²) < 4.78 is 32.6. The molecule has 0 spiro atoms. The zero-order chi connectivity index (χ0) is 18.9. The van der Waals surface area contributed by atoms with Crippen molar-refractivity contribution in [2.45, 2.75) is 31.3 Å². The van der Waals surface area contributed by atoms with E-state index in [4.69, 9.17) is 4.74 Å². The van der Waals surface area contributed by atoms with E-state index in [-0.39, 0.29) is 22.1 Å². The Morgan fingerprint density at radius 2 is 1.96 bits per heavy atom. The average molecular weight is 374 g/mol. The molecule has 8 heteroatoms. The SMILES string of the molecule is CCC1Oc2ccc(S(=O)(=O)NC(=O)c3ccccc3C)cc2NC1=O. The van der Waals surface area contributed by atoms with Crippen LogP contribution < -0.4 is 14.8 Å². The zero-order valence-electron chi connectivity index (χ0n) is 14.3. The molecule has 136 valence electrons. The number of aryl methyl sites for hydroxylation is 1. The average Bonchev–Trinajstić information content (AvgIpc) is 2.60. The maximum atomic E-state index is 12.5. The van der Waals surface area contributed by atoms with Gasteiger partial charge in [-0.05, 0) is 43.2 Å². The lowest BCUT2D eigenvalue weighted by Crippen LogP contribution is -2.36. The van der Waals surface area contributed by atoms with E-state index >= 15 is 0 Å². The van der Waals surface area contributed by atoms with Crippen LogP contribution in [0.15, 0.2) is 47.4 Å².